The van der Waals surface area contributed by atoms with Crippen molar-refractivity contribution in [1.29, 1.82) is 0 Å². The van der Waals surface area contributed by atoms with Crippen molar-refractivity contribution in [2.24, 2.45) is 0 Å². The number of aryl methyl sites for hydroxylation is 2. The number of hydrogen-bond acceptors (Lipinski definition) is 6. The first-order valence-electron chi connectivity index (χ1n) is 10.2. The maximum absolute atomic E-state index is 13.0. The van der Waals surface area contributed by atoms with E-state index in [2.05, 4.69) is 9.71 Å². The van der Waals surface area contributed by atoms with E-state index in [4.69, 9.17) is 4.74 Å². The van der Waals surface area contributed by atoms with Gasteiger partial charge >= 0.3 is 5.97 Å². The SMILES string of the molecule is Cc1cccc(NS(=O)(=O)c2cc(C(=O)OCc3csc(-c4ccccc4)n3)ccc2C)c1. The van der Waals surface area contributed by atoms with Crippen molar-refractivity contribution in [2.75, 3.05) is 4.72 Å². The van der Waals surface area contributed by atoms with Crippen LogP contribution in [0.15, 0.2) is 83.1 Å². The average Bonchev–Trinajstić information content (AvgIpc) is 3.27. The van der Waals surface area contributed by atoms with Crippen molar-refractivity contribution in [1.82, 2.24) is 4.98 Å². The Hall–Kier alpha value is -3.49. The van der Waals surface area contributed by atoms with Crippen LogP contribution in [0.4, 0.5) is 5.69 Å². The van der Waals surface area contributed by atoms with E-state index < -0.39 is 16.0 Å². The van der Waals surface area contributed by atoms with Crippen LogP contribution in [0.1, 0.15) is 27.2 Å². The van der Waals surface area contributed by atoms with Crippen molar-refractivity contribution >= 4 is 33.0 Å². The summed E-state index contributed by atoms with van der Waals surface area (Å²) in [6.45, 7) is 3.56. The van der Waals surface area contributed by atoms with Gasteiger partial charge in [-0.2, -0.15) is 0 Å². The number of aromatic nitrogens is 1. The fourth-order valence-electron chi connectivity index (χ4n) is 3.24. The molecule has 0 unspecified atom stereocenters. The molecule has 0 radical (unpaired) electrons. The molecule has 0 saturated carbocycles. The third-order valence-electron chi connectivity index (χ3n) is 4.91. The third kappa shape index (κ3) is 5.47. The molecule has 8 heteroatoms. The number of carbonyl (C=O) groups is 1. The molecule has 0 amide bonds. The van der Waals surface area contributed by atoms with Crippen molar-refractivity contribution in [3.63, 3.8) is 0 Å². The molecule has 1 N–H and O–H groups in total. The van der Waals surface area contributed by atoms with Gasteiger partial charge in [0.1, 0.15) is 11.6 Å². The highest BCUT2D eigenvalue weighted by atomic mass is 32.2. The minimum Gasteiger partial charge on any atom is -0.456 e. The summed E-state index contributed by atoms with van der Waals surface area (Å²) in [7, 11) is -3.88. The molecule has 1 aromatic heterocycles. The Bertz CT molecular complexity index is 1400. The van der Waals surface area contributed by atoms with Crippen LogP contribution in [0.3, 0.4) is 0 Å². The maximum atomic E-state index is 13.0. The van der Waals surface area contributed by atoms with E-state index in [1.54, 1.807) is 37.3 Å². The average molecular weight is 479 g/mol. The van der Waals surface area contributed by atoms with Gasteiger partial charge < -0.3 is 4.74 Å². The van der Waals surface area contributed by atoms with Crippen molar-refractivity contribution in [3.05, 3.63) is 101 Å². The number of thiazole rings is 1. The molecule has 3 aromatic carbocycles. The molecule has 4 aromatic rings. The summed E-state index contributed by atoms with van der Waals surface area (Å²) >= 11 is 1.47. The van der Waals surface area contributed by atoms with Gasteiger partial charge in [-0.25, -0.2) is 18.2 Å². The zero-order valence-electron chi connectivity index (χ0n) is 18.1. The Kier molecular flexibility index (Phi) is 6.57. The quantitative estimate of drug-likeness (QED) is 0.350. The number of nitrogens with zero attached hydrogens (tertiary/aromatic N) is 1. The van der Waals surface area contributed by atoms with Gasteiger partial charge in [0.25, 0.3) is 10.0 Å². The van der Waals surface area contributed by atoms with Crippen LogP contribution >= 0.6 is 11.3 Å². The summed E-state index contributed by atoms with van der Waals surface area (Å²) in [5, 5.41) is 2.68. The van der Waals surface area contributed by atoms with Crippen LogP contribution in [-0.4, -0.2) is 19.4 Å². The molecule has 0 atom stereocenters. The van der Waals surface area contributed by atoms with Crippen LogP contribution in [0.5, 0.6) is 0 Å². The van der Waals surface area contributed by atoms with Crippen LogP contribution in [-0.2, 0) is 21.4 Å². The lowest BCUT2D eigenvalue weighted by Crippen LogP contribution is -2.15. The number of sulfonamides is 1. The molecule has 33 heavy (non-hydrogen) atoms. The van der Waals surface area contributed by atoms with Crippen molar-refractivity contribution < 1.29 is 17.9 Å². The Morgan fingerprint density at radius 1 is 1.00 bits per heavy atom. The number of rotatable bonds is 7. The smallest absolute Gasteiger partial charge is 0.338 e. The zero-order chi connectivity index (χ0) is 23.4. The van der Waals surface area contributed by atoms with E-state index in [-0.39, 0.29) is 17.1 Å². The monoisotopic (exact) mass is 478 g/mol. The molecule has 0 spiro atoms. The lowest BCUT2D eigenvalue weighted by molar-refractivity contribution is 0.0468. The predicted octanol–water partition coefficient (Wildman–Crippen LogP) is 5.58. The molecule has 0 aliphatic rings. The molecule has 0 saturated heterocycles. The van der Waals surface area contributed by atoms with Crippen molar-refractivity contribution in [3.8, 4) is 10.6 Å². The van der Waals surface area contributed by atoms with Crippen LogP contribution in [0.2, 0.25) is 0 Å². The lowest BCUT2D eigenvalue weighted by atomic mass is 10.1. The normalized spacial score (nSPS) is 11.2. The first-order valence-corrected chi connectivity index (χ1v) is 12.6. The fourth-order valence-corrected chi connectivity index (χ4v) is 5.38. The second-order valence-electron chi connectivity index (χ2n) is 7.54. The Morgan fingerprint density at radius 2 is 1.79 bits per heavy atom. The van der Waals surface area contributed by atoms with Gasteiger partial charge in [0, 0.05) is 16.6 Å². The standard InChI is InChI=1S/C25H22N2O4S2/c1-17-7-6-10-21(13-17)27-33(29,30)23-14-20(12-11-18(23)2)25(28)31-15-22-16-32-24(26-22)19-8-4-3-5-9-19/h3-14,16,27H,15H2,1-2H3. The summed E-state index contributed by atoms with van der Waals surface area (Å²) in [6, 6.07) is 21.3. The molecule has 1 heterocycles. The highest BCUT2D eigenvalue weighted by molar-refractivity contribution is 7.92. The van der Waals surface area contributed by atoms with Gasteiger partial charge in [-0.1, -0.05) is 48.5 Å². The largest absolute Gasteiger partial charge is 0.456 e. The van der Waals surface area contributed by atoms with Crippen LogP contribution in [0.25, 0.3) is 10.6 Å². The van der Waals surface area contributed by atoms with Gasteiger partial charge in [-0.05, 0) is 49.2 Å². The van der Waals surface area contributed by atoms with E-state index in [9.17, 15) is 13.2 Å². The molecular weight excluding hydrogens is 456 g/mol. The summed E-state index contributed by atoms with van der Waals surface area (Å²) in [4.78, 5) is 17.2. The first-order chi connectivity index (χ1) is 15.8. The highest BCUT2D eigenvalue weighted by Crippen LogP contribution is 2.25. The maximum Gasteiger partial charge on any atom is 0.338 e. The number of carbonyl (C=O) groups excluding carboxylic acids is 1. The number of hydrogen-bond donors (Lipinski definition) is 1. The van der Waals surface area contributed by atoms with Gasteiger partial charge in [0.2, 0.25) is 0 Å². The Morgan fingerprint density at radius 3 is 2.55 bits per heavy atom. The predicted molar refractivity (Wildman–Crippen MR) is 130 cm³/mol. The molecule has 0 aliphatic heterocycles. The van der Waals surface area contributed by atoms with E-state index in [1.165, 1.54) is 17.4 Å². The Labute approximate surface area is 197 Å². The second-order valence-corrected chi connectivity index (χ2v) is 10.1. The highest BCUT2D eigenvalue weighted by Gasteiger charge is 2.20. The fraction of sp³-hybridized carbons (Fsp3) is 0.120. The topological polar surface area (TPSA) is 85.4 Å². The van der Waals surface area contributed by atoms with Gasteiger partial charge in [-0.3, -0.25) is 4.72 Å². The summed E-state index contributed by atoms with van der Waals surface area (Å²) in [5.74, 6) is -0.615. The Balaban J connectivity index is 1.48. The molecule has 6 nitrogen and oxygen atoms in total. The molecule has 0 aliphatic carbocycles. The summed E-state index contributed by atoms with van der Waals surface area (Å²) in [5.41, 5.74) is 3.70. The van der Waals surface area contributed by atoms with E-state index in [0.717, 1.165) is 16.1 Å². The summed E-state index contributed by atoms with van der Waals surface area (Å²) in [6.07, 6.45) is 0. The third-order valence-corrected chi connectivity index (χ3v) is 7.37. The number of benzene rings is 3. The minimum absolute atomic E-state index is 0.000328. The van der Waals surface area contributed by atoms with Gasteiger partial charge in [-0.15, -0.1) is 11.3 Å². The molecule has 4 rings (SSSR count). The number of ether oxygens (including phenoxy) is 1. The lowest BCUT2D eigenvalue weighted by Gasteiger charge is -2.12. The minimum atomic E-state index is -3.88. The van der Waals surface area contributed by atoms with E-state index >= 15 is 0 Å². The zero-order valence-corrected chi connectivity index (χ0v) is 19.7. The van der Waals surface area contributed by atoms with Crippen LogP contribution in [0, 0.1) is 13.8 Å². The van der Waals surface area contributed by atoms with Gasteiger partial charge in [0.05, 0.1) is 16.2 Å². The van der Waals surface area contributed by atoms with E-state index in [1.807, 2.05) is 48.7 Å². The number of nitrogens with one attached hydrogen (secondary N) is 1. The molecule has 168 valence electrons. The van der Waals surface area contributed by atoms with E-state index in [0.29, 0.717) is 16.9 Å². The summed E-state index contributed by atoms with van der Waals surface area (Å²) < 4.78 is 33.9. The molecule has 0 fully saturated rings. The number of esters is 1. The molecular formula is C25H22N2O4S2. The van der Waals surface area contributed by atoms with Crippen LogP contribution < -0.4 is 4.72 Å². The number of anilines is 1. The van der Waals surface area contributed by atoms with Gasteiger partial charge in [0.15, 0.2) is 0 Å². The second kappa shape index (κ2) is 9.56. The first kappa shape index (κ1) is 22.7. The van der Waals surface area contributed by atoms with Crippen molar-refractivity contribution in [2.45, 2.75) is 25.3 Å². The molecule has 0 bridgehead atoms.